The first-order chi connectivity index (χ1) is 16.8. The van der Waals surface area contributed by atoms with Crippen molar-refractivity contribution in [1.82, 2.24) is 14.9 Å². The summed E-state index contributed by atoms with van der Waals surface area (Å²) in [6.07, 6.45) is 2.65. The molecule has 0 radical (unpaired) electrons. The first-order valence-corrected chi connectivity index (χ1v) is 10.5. The molecular weight excluding hydrogens is 484 g/mol. The number of fused-ring (bicyclic) bond motifs is 1. The van der Waals surface area contributed by atoms with Crippen LogP contribution in [0.2, 0.25) is 5.02 Å². The van der Waals surface area contributed by atoms with Crippen LogP contribution in [0.1, 0.15) is 28.4 Å². The van der Waals surface area contributed by atoms with Crippen molar-refractivity contribution in [2.45, 2.75) is 6.04 Å². The van der Waals surface area contributed by atoms with Crippen molar-refractivity contribution in [3.05, 3.63) is 79.9 Å². The van der Waals surface area contributed by atoms with Crippen molar-refractivity contribution >= 4 is 41.1 Å². The van der Waals surface area contributed by atoms with Gasteiger partial charge in [-0.3, -0.25) is 9.79 Å². The Hall–Kier alpha value is -4.27. The van der Waals surface area contributed by atoms with Gasteiger partial charge in [-0.25, -0.2) is 18.1 Å². The lowest BCUT2D eigenvalue weighted by Gasteiger charge is -2.19. The highest BCUT2D eigenvalue weighted by molar-refractivity contribution is 6.31. The third-order valence-corrected chi connectivity index (χ3v) is 5.58. The van der Waals surface area contributed by atoms with Gasteiger partial charge in [0.05, 0.1) is 17.2 Å². The average Bonchev–Trinajstić information content (AvgIpc) is 3.36. The Morgan fingerprint density at radius 1 is 1.34 bits per heavy atom. The molecule has 0 bridgehead atoms. The molecule has 1 atom stereocenters. The fourth-order valence-electron chi connectivity index (χ4n) is 3.66. The second-order valence-corrected chi connectivity index (χ2v) is 7.83. The number of aromatic amines is 1. The number of halogens is 3. The molecular formula is C23H16ClF2N5O4. The molecule has 0 fully saturated rings. The minimum atomic E-state index is -1.54. The van der Waals surface area contributed by atoms with Crippen molar-refractivity contribution in [2.75, 3.05) is 13.2 Å². The standard InChI is InChI=1S/C23H16ClF2N5O4/c24-15-4-3-14-13(10-29-19(14)18(15)26)8-17-22(34)31(23(35)30-17)20(21(33)28-5-6-32)11-1-2-12(9-27)16(25)7-11/h1-4,7-8,10,20,32,34H,5-6H2,(H,28,33)(H,30,35). The molecule has 1 amide bonds. The predicted octanol–water partition coefficient (Wildman–Crippen LogP) is 2.64. The zero-order chi connectivity index (χ0) is 25.3. The predicted molar refractivity (Wildman–Crippen MR) is 124 cm³/mol. The molecule has 12 heteroatoms. The van der Waals surface area contributed by atoms with E-state index in [9.17, 15) is 23.5 Å². The summed E-state index contributed by atoms with van der Waals surface area (Å²) < 4.78 is 29.2. The van der Waals surface area contributed by atoms with Crippen molar-refractivity contribution in [1.29, 1.82) is 5.26 Å². The molecule has 0 saturated heterocycles. The minimum Gasteiger partial charge on any atom is -0.493 e. The molecule has 3 aromatic rings. The summed E-state index contributed by atoms with van der Waals surface area (Å²) in [6, 6.07) is 6.30. The van der Waals surface area contributed by atoms with Crippen molar-refractivity contribution in [3.63, 3.8) is 0 Å². The van der Waals surface area contributed by atoms with Crippen LogP contribution in [0.25, 0.3) is 11.6 Å². The summed E-state index contributed by atoms with van der Waals surface area (Å²) in [5.74, 6) is -3.12. The van der Waals surface area contributed by atoms with Crippen LogP contribution in [0, 0.1) is 23.0 Å². The Morgan fingerprint density at radius 3 is 2.80 bits per heavy atom. The maximum Gasteiger partial charge on any atom is 0.329 e. The zero-order valence-electron chi connectivity index (χ0n) is 17.7. The highest BCUT2D eigenvalue weighted by atomic mass is 35.5. The molecule has 0 aliphatic carbocycles. The second kappa shape index (κ2) is 9.54. The number of aliphatic imine (C=N–C) groups is 1. The summed E-state index contributed by atoms with van der Waals surface area (Å²) in [4.78, 5) is 32.1. The van der Waals surface area contributed by atoms with E-state index in [1.165, 1.54) is 30.5 Å². The van der Waals surface area contributed by atoms with Crippen LogP contribution < -0.4 is 11.0 Å². The Labute approximate surface area is 201 Å². The molecule has 0 saturated carbocycles. The Kier molecular flexibility index (Phi) is 6.50. The quantitative estimate of drug-likeness (QED) is 0.412. The lowest BCUT2D eigenvalue weighted by atomic mass is 10.0. The number of rotatable bonds is 6. The number of aliphatic hydroxyl groups is 1. The lowest BCUT2D eigenvalue weighted by Crippen LogP contribution is -2.38. The summed E-state index contributed by atoms with van der Waals surface area (Å²) in [7, 11) is 0. The number of H-pyrrole nitrogens is 1. The normalized spacial score (nSPS) is 14.1. The Bertz CT molecular complexity index is 1500. The zero-order valence-corrected chi connectivity index (χ0v) is 18.5. The molecule has 1 aliphatic heterocycles. The fourth-order valence-corrected chi connectivity index (χ4v) is 3.81. The van der Waals surface area contributed by atoms with Crippen LogP contribution in [0.3, 0.4) is 0 Å². The summed E-state index contributed by atoms with van der Waals surface area (Å²) in [5.41, 5.74) is -0.604. The Balaban J connectivity index is 1.82. The number of nitriles is 1. The van der Waals surface area contributed by atoms with Gasteiger partial charge < -0.3 is 20.5 Å². The number of aromatic nitrogens is 2. The smallest absolute Gasteiger partial charge is 0.329 e. The van der Waals surface area contributed by atoms with E-state index in [0.717, 1.165) is 12.1 Å². The van der Waals surface area contributed by atoms with Crippen LogP contribution in [0.5, 0.6) is 5.88 Å². The Morgan fingerprint density at radius 2 is 2.11 bits per heavy atom. The van der Waals surface area contributed by atoms with E-state index >= 15 is 0 Å². The van der Waals surface area contributed by atoms with Crippen LogP contribution in [-0.2, 0) is 4.79 Å². The molecule has 4 rings (SSSR count). The van der Waals surface area contributed by atoms with Gasteiger partial charge >= 0.3 is 5.69 Å². The summed E-state index contributed by atoms with van der Waals surface area (Å²) >= 11 is 5.78. The van der Waals surface area contributed by atoms with E-state index in [0.29, 0.717) is 15.7 Å². The summed E-state index contributed by atoms with van der Waals surface area (Å²) in [6.45, 7) is -0.558. The van der Waals surface area contributed by atoms with E-state index in [2.05, 4.69) is 15.3 Å². The molecule has 2 heterocycles. The van der Waals surface area contributed by atoms with Gasteiger partial charge in [0.2, 0.25) is 11.8 Å². The monoisotopic (exact) mass is 499 g/mol. The molecule has 35 heavy (non-hydrogen) atoms. The number of aromatic hydroxyl groups is 1. The van der Waals surface area contributed by atoms with Crippen molar-refractivity contribution < 1.29 is 23.8 Å². The van der Waals surface area contributed by atoms with Gasteiger partial charge in [0.25, 0.3) is 0 Å². The molecule has 1 unspecified atom stereocenters. The molecule has 1 aromatic heterocycles. The van der Waals surface area contributed by atoms with Crippen LogP contribution in [-0.4, -0.2) is 45.0 Å². The van der Waals surface area contributed by atoms with E-state index < -0.39 is 41.8 Å². The van der Waals surface area contributed by atoms with Crippen LogP contribution in [0.4, 0.5) is 14.5 Å². The third-order valence-electron chi connectivity index (χ3n) is 5.29. The van der Waals surface area contributed by atoms with Gasteiger partial charge in [-0.1, -0.05) is 23.7 Å². The van der Waals surface area contributed by atoms with E-state index in [4.69, 9.17) is 22.0 Å². The van der Waals surface area contributed by atoms with Crippen LogP contribution in [0.15, 0.2) is 40.1 Å². The van der Waals surface area contributed by atoms with E-state index in [-0.39, 0.29) is 34.1 Å². The van der Waals surface area contributed by atoms with Gasteiger partial charge in [0.1, 0.15) is 29.3 Å². The SMILES string of the molecule is N#Cc1ccc(C(C(=O)NCCO)n2c(O)c(C=C3C=Nc4c3ccc(Cl)c4F)[nH]c2=O)cc1F. The maximum atomic E-state index is 14.3. The number of allylic oxidation sites excluding steroid dienone is 1. The number of aliphatic hydroxyl groups excluding tert-OH is 1. The second-order valence-electron chi connectivity index (χ2n) is 7.42. The van der Waals surface area contributed by atoms with Gasteiger partial charge in [0.15, 0.2) is 5.82 Å². The maximum absolute atomic E-state index is 14.3. The van der Waals surface area contributed by atoms with E-state index in [1.807, 2.05) is 0 Å². The average molecular weight is 500 g/mol. The molecule has 1 aliphatic rings. The number of hydrogen-bond donors (Lipinski definition) is 4. The number of hydrogen-bond acceptors (Lipinski definition) is 6. The van der Waals surface area contributed by atoms with E-state index in [1.54, 1.807) is 6.07 Å². The fraction of sp³-hybridized carbons (Fsp3) is 0.130. The van der Waals surface area contributed by atoms with Crippen molar-refractivity contribution in [3.8, 4) is 11.9 Å². The first-order valence-electron chi connectivity index (χ1n) is 10.1. The number of benzene rings is 2. The number of carbonyl (C=O) groups excluding carboxylic acids is 1. The molecule has 0 spiro atoms. The molecule has 9 nitrogen and oxygen atoms in total. The minimum absolute atomic E-state index is 0.000616. The molecule has 4 N–H and O–H groups in total. The molecule has 178 valence electrons. The van der Waals surface area contributed by atoms with Gasteiger partial charge in [-0.05, 0) is 29.8 Å². The lowest BCUT2D eigenvalue weighted by molar-refractivity contribution is -0.123. The largest absolute Gasteiger partial charge is 0.493 e. The van der Waals surface area contributed by atoms with Crippen LogP contribution >= 0.6 is 11.6 Å². The number of nitrogens with zero attached hydrogens (tertiary/aromatic N) is 3. The highest BCUT2D eigenvalue weighted by Gasteiger charge is 2.29. The van der Waals surface area contributed by atoms with Gasteiger partial charge in [0, 0.05) is 23.9 Å². The topological polar surface area (TPSA) is 144 Å². The van der Waals surface area contributed by atoms with Gasteiger partial charge in [-0.15, -0.1) is 0 Å². The van der Waals surface area contributed by atoms with Gasteiger partial charge in [-0.2, -0.15) is 5.26 Å². The number of amides is 1. The highest BCUT2D eigenvalue weighted by Crippen LogP contribution is 2.38. The summed E-state index contributed by atoms with van der Waals surface area (Å²) in [5, 5.41) is 31.2. The number of imidazole rings is 1. The third kappa shape index (κ3) is 4.32. The number of carbonyl (C=O) groups is 1. The van der Waals surface area contributed by atoms with Crippen molar-refractivity contribution in [2.24, 2.45) is 4.99 Å². The molecule has 2 aromatic carbocycles. The first kappa shape index (κ1) is 23.9. The number of nitrogens with one attached hydrogen (secondary N) is 2.